The smallest absolute Gasteiger partial charge is 0.278 e. The molecule has 0 saturated heterocycles. The first-order valence-corrected chi connectivity index (χ1v) is 7.71. The number of nitrogens with zero attached hydrogens (tertiary/aromatic N) is 2. The molecule has 0 aliphatic heterocycles. The zero-order valence-corrected chi connectivity index (χ0v) is 14.9. The molecule has 136 valence electrons. The number of methoxy groups -OCH3 is 4. The molecule has 0 aliphatic rings. The Balaban J connectivity index is 2.14. The molecule has 26 heavy (non-hydrogen) atoms. The molecular formula is C18H19N3O5. The van der Waals surface area contributed by atoms with Crippen molar-refractivity contribution in [1.82, 2.24) is 9.78 Å². The molecule has 0 saturated carbocycles. The van der Waals surface area contributed by atoms with Crippen molar-refractivity contribution in [2.24, 2.45) is 0 Å². The monoisotopic (exact) mass is 357 g/mol. The van der Waals surface area contributed by atoms with Crippen molar-refractivity contribution in [3.8, 4) is 23.0 Å². The predicted molar refractivity (Wildman–Crippen MR) is 96.5 cm³/mol. The Morgan fingerprint density at radius 1 is 0.885 bits per heavy atom. The molecule has 1 aromatic heterocycles. The van der Waals surface area contributed by atoms with E-state index in [0.717, 1.165) is 0 Å². The summed E-state index contributed by atoms with van der Waals surface area (Å²) in [6, 6.07) is 8.23. The number of carbonyl (C=O) groups is 1. The Hall–Kier alpha value is -3.42. The van der Waals surface area contributed by atoms with Gasteiger partial charge in [0.15, 0.2) is 28.8 Å². The second-order valence-electron chi connectivity index (χ2n) is 5.40. The van der Waals surface area contributed by atoms with Gasteiger partial charge in [0, 0.05) is 17.0 Å². The van der Waals surface area contributed by atoms with Gasteiger partial charge in [-0.1, -0.05) is 0 Å². The highest BCUT2D eigenvalue weighted by atomic mass is 16.5. The summed E-state index contributed by atoms with van der Waals surface area (Å²) >= 11 is 0. The van der Waals surface area contributed by atoms with Gasteiger partial charge in [-0.3, -0.25) is 4.79 Å². The van der Waals surface area contributed by atoms with Crippen LogP contribution in [0, 0.1) is 0 Å². The van der Waals surface area contributed by atoms with E-state index < -0.39 is 0 Å². The molecule has 0 spiro atoms. The number of anilines is 1. The zero-order chi connectivity index (χ0) is 18.8. The lowest BCUT2D eigenvalue weighted by Gasteiger charge is -2.10. The molecular weight excluding hydrogens is 338 g/mol. The lowest BCUT2D eigenvalue weighted by molar-refractivity contribution is 0.0950. The van der Waals surface area contributed by atoms with E-state index >= 15 is 0 Å². The zero-order valence-electron chi connectivity index (χ0n) is 14.9. The highest BCUT2D eigenvalue weighted by Gasteiger charge is 2.20. The average Bonchev–Trinajstić information content (AvgIpc) is 3.01. The molecule has 2 aromatic carbocycles. The maximum Gasteiger partial charge on any atom is 0.278 e. The number of benzene rings is 2. The lowest BCUT2D eigenvalue weighted by Crippen LogP contribution is -2.14. The van der Waals surface area contributed by atoms with E-state index in [1.165, 1.54) is 33.1 Å². The minimum atomic E-state index is -0.361. The Bertz CT molecular complexity index is 981. The summed E-state index contributed by atoms with van der Waals surface area (Å²) in [5, 5.41) is 4.77. The molecule has 8 heteroatoms. The van der Waals surface area contributed by atoms with Crippen LogP contribution in [0.3, 0.4) is 0 Å². The minimum absolute atomic E-state index is 0.217. The summed E-state index contributed by atoms with van der Waals surface area (Å²) in [5.41, 5.74) is 6.88. The molecule has 0 unspecified atom stereocenters. The van der Waals surface area contributed by atoms with Crippen molar-refractivity contribution >= 4 is 22.6 Å². The lowest BCUT2D eigenvalue weighted by atomic mass is 10.1. The molecule has 3 aromatic rings. The summed E-state index contributed by atoms with van der Waals surface area (Å²) in [4.78, 5) is 13.0. The fourth-order valence-corrected chi connectivity index (χ4v) is 2.71. The van der Waals surface area contributed by atoms with Gasteiger partial charge in [0.1, 0.15) is 0 Å². The van der Waals surface area contributed by atoms with E-state index in [1.54, 1.807) is 30.3 Å². The fourth-order valence-electron chi connectivity index (χ4n) is 2.71. The number of nitrogens with two attached hydrogens (primary N) is 1. The third-order valence-corrected chi connectivity index (χ3v) is 4.04. The van der Waals surface area contributed by atoms with E-state index in [0.29, 0.717) is 39.5 Å². The molecule has 3 rings (SSSR count). The van der Waals surface area contributed by atoms with Crippen LogP contribution < -0.4 is 24.7 Å². The summed E-state index contributed by atoms with van der Waals surface area (Å²) in [5.74, 6) is 1.81. The standard InChI is InChI=1S/C18H19N3O5/c1-23-13-6-5-10(7-14(13)24-2)18(22)21-12-9-16(26-4)15(25-3)8-11(12)17(19)20-21/h5-9H,1-4H3,(H2,19,20). The number of fused-ring (bicyclic) bond motifs is 1. The third kappa shape index (κ3) is 2.75. The number of hydrogen-bond donors (Lipinski definition) is 1. The first-order chi connectivity index (χ1) is 12.5. The molecule has 2 N–H and O–H groups in total. The Kier molecular flexibility index (Phi) is 4.57. The number of ether oxygens (including phenoxy) is 4. The first kappa shape index (κ1) is 17.4. The van der Waals surface area contributed by atoms with Crippen LogP contribution in [0.1, 0.15) is 10.4 Å². The molecule has 1 heterocycles. The van der Waals surface area contributed by atoms with Crippen LogP contribution in [-0.4, -0.2) is 44.1 Å². The van der Waals surface area contributed by atoms with Crippen molar-refractivity contribution in [2.75, 3.05) is 34.2 Å². The van der Waals surface area contributed by atoms with E-state index in [2.05, 4.69) is 5.10 Å². The van der Waals surface area contributed by atoms with Gasteiger partial charge in [-0.2, -0.15) is 4.68 Å². The van der Waals surface area contributed by atoms with Crippen LogP contribution in [0.5, 0.6) is 23.0 Å². The van der Waals surface area contributed by atoms with Crippen molar-refractivity contribution in [3.63, 3.8) is 0 Å². The van der Waals surface area contributed by atoms with Crippen molar-refractivity contribution in [2.45, 2.75) is 0 Å². The van der Waals surface area contributed by atoms with Crippen LogP contribution >= 0.6 is 0 Å². The minimum Gasteiger partial charge on any atom is -0.493 e. The largest absolute Gasteiger partial charge is 0.493 e. The molecule has 0 radical (unpaired) electrons. The number of hydrogen-bond acceptors (Lipinski definition) is 7. The predicted octanol–water partition coefficient (Wildman–Crippen LogP) is 2.34. The van der Waals surface area contributed by atoms with Gasteiger partial charge in [-0.15, -0.1) is 5.10 Å². The quantitative estimate of drug-likeness (QED) is 0.748. The Labute approximate surface area is 150 Å². The van der Waals surface area contributed by atoms with Crippen LogP contribution in [0.25, 0.3) is 10.9 Å². The van der Waals surface area contributed by atoms with E-state index in [-0.39, 0.29) is 11.7 Å². The molecule has 8 nitrogen and oxygen atoms in total. The van der Waals surface area contributed by atoms with Gasteiger partial charge in [-0.05, 0) is 24.3 Å². The highest BCUT2D eigenvalue weighted by molar-refractivity contribution is 6.04. The van der Waals surface area contributed by atoms with E-state index in [1.807, 2.05) is 0 Å². The SMILES string of the molecule is COc1ccc(C(=O)n2nc(N)c3cc(OC)c(OC)cc32)cc1OC. The number of nitrogen functional groups attached to an aromatic ring is 1. The van der Waals surface area contributed by atoms with Gasteiger partial charge in [-0.25, -0.2) is 0 Å². The molecule has 0 aliphatic carbocycles. The Morgan fingerprint density at radius 2 is 1.46 bits per heavy atom. The van der Waals surface area contributed by atoms with Gasteiger partial charge in [0.05, 0.1) is 34.0 Å². The van der Waals surface area contributed by atoms with Crippen molar-refractivity contribution in [3.05, 3.63) is 35.9 Å². The maximum absolute atomic E-state index is 13.0. The molecule has 0 amide bonds. The van der Waals surface area contributed by atoms with Gasteiger partial charge in [0.25, 0.3) is 5.91 Å². The second kappa shape index (κ2) is 6.83. The van der Waals surface area contributed by atoms with Gasteiger partial charge >= 0.3 is 0 Å². The summed E-state index contributed by atoms with van der Waals surface area (Å²) in [6.45, 7) is 0. The average molecular weight is 357 g/mol. The third-order valence-electron chi connectivity index (χ3n) is 4.04. The van der Waals surface area contributed by atoms with Crippen molar-refractivity contribution < 1.29 is 23.7 Å². The number of carbonyl (C=O) groups excluding carboxylic acids is 1. The molecule has 0 fully saturated rings. The molecule has 0 bridgehead atoms. The second-order valence-corrected chi connectivity index (χ2v) is 5.40. The van der Waals surface area contributed by atoms with Crippen LogP contribution in [-0.2, 0) is 0 Å². The molecule has 0 atom stereocenters. The fraction of sp³-hybridized carbons (Fsp3) is 0.222. The normalized spacial score (nSPS) is 10.6. The van der Waals surface area contributed by atoms with Crippen molar-refractivity contribution in [1.29, 1.82) is 0 Å². The van der Waals surface area contributed by atoms with E-state index in [4.69, 9.17) is 24.7 Å². The summed E-state index contributed by atoms with van der Waals surface area (Å²) in [6.07, 6.45) is 0. The van der Waals surface area contributed by atoms with Crippen LogP contribution in [0.4, 0.5) is 5.82 Å². The summed E-state index contributed by atoms with van der Waals surface area (Å²) < 4.78 is 22.3. The van der Waals surface area contributed by atoms with E-state index in [9.17, 15) is 4.79 Å². The maximum atomic E-state index is 13.0. The van der Waals surface area contributed by atoms with Gasteiger partial charge < -0.3 is 24.7 Å². The number of rotatable bonds is 5. The summed E-state index contributed by atoms with van der Waals surface area (Å²) in [7, 11) is 6.08. The Morgan fingerprint density at radius 3 is 2.08 bits per heavy atom. The van der Waals surface area contributed by atoms with Crippen LogP contribution in [0.15, 0.2) is 30.3 Å². The topological polar surface area (TPSA) is 97.8 Å². The first-order valence-electron chi connectivity index (χ1n) is 7.71. The number of aromatic nitrogens is 2. The van der Waals surface area contributed by atoms with Gasteiger partial charge in [0.2, 0.25) is 0 Å². The van der Waals surface area contributed by atoms with Crippen LogP contribution in [0.2, 0.25) is 0 Å². The highest BCUT2D eigenvalue weighted by Crippen LogP contribution is 2.35.